The van der Waals surface area contributed by atoms with E-state index in [1.807, 2.05) is 13.8 Å². The maximum absolute atomic E-state index is 10.6. The molecule has 0 amide bonds. The monoisotopic (exact) mass is 227 g/mol. The van der Waals surface area contributed by atoms with Crippen molar-refractivity contribution in [3.63, 3.8) is 0 Å². The van der Waals surface area contributed by atoms with Gasteiger partial charge in [0.1, 0.15) is 0 Å². The maximum atomic E-state index is 10.6. The number of rotatable bonds is 3. The molecule has 0 saturated heterocycles. The van der Waals surface area contributed by atoms with E-state index in [-0.39, 0.29) is 5.97 Å². The summed E-state index contributed by atoms with van der Waals surface area (Å²) in [7, 11) is 0. The van der Waals surface area contributed by atoms with Gasteiger partial charge in [-0.1, -0.05) is 11.6 Å². The molecule has 0 bridgehead atoms. The molecular weight excluding hydrogens is 214 g/mol. The lowest BCUT2D eigenvalue weighted by molar-refractivity contribution is -0.140. The summed E-state index contributed by atoms with van der Waals surface area (Å²) in [5.41, 5.74) is 2.81. The van der Waals surface area contributed by atoms with Crippen molar-refractivity contribution in [2.24, 2.45) is 0 Å². The molecule has 0 aliphatic rings. The van der Waals surface area contributed by atoms with E-state index in [1.54, 1.807) is 6.20 Å². The molecule has 0 aliphatic heterocycles. The molecule has 82 valence electrons. The third-order valence-electron chi connectivity index (χ3n) is 2.17. The van der Waals surface area contributed by atoms with Gasteiger partial charge in [0.25, 0.3) is 0 Å². The summed E-state index contributed by atoms with van der Waals surface area (Å²) in [4.78, 5) is 14.8. The average molecular weight is 228 g/mol. The first-order chi connectivity index (χ1) is 7.02. The number of halogens is 1. The minimum Gasteiger partial charge on any atom is -0.465 e. The summed E-state index contributed by atoms with van der Waals surface area (Å²) in [6, 6.07) is 0. The third-order valence-corrected chi connectivity index (χ3v) is 2.75. The fourth-order valence-electron chi connectivity index (χ4n) is 1.29. The number of aryl methyl sites for hydroxylation is 1. The Morgan fingerprint density at radius 3 is 2.80 bits per heavy atom. The molecule has 0 fully saturated rings. The van der Waals surface area contributed by atoms with Crippen LogP contribution in [0.15, 0.2) is 6.20 Å². The van der Waals surface area contributed by atoms with E-state index in [0.717, 1.165) is 21.8 Å². The molecule has 1 heterocycles. The van der Waals surface area contributed by atoms with Crippen LogP contribution < -0.4 is 0 Å². The lowest BCUT2D eigenvalue weighted by Crippen LogP contribution is -2.06. The molecule has 15 heavy (non-hydrogen) atoms. The van der Waals surface area contributed by atoms with Crippen LogP contribution in [0.25, 0.3) is 0 Å². The number of hydrogen-bond acceptors (Lipinski definition) is 3. The molecule has 1 aromatic rings. The normalized spacial score (nSPS) is 10.1. The Bertz CT molecular complexity index is 377. The Morgan fingerprint density at radius 1 is 1.53 bits per heavy atom. The summed E-state index contributed by atoms with van der Waals surface area (Å²) >= 11 is 6.08. The Labute approximate surface area is 94.4 Å². The number of pyridine rings is 1. The van der Waals surface area contributed by atoms with Crippen LogP contribution in [0.4, 0.5) is 0 Å². The molecule has 4 heteroatoms. The highest BCUT2D eigenvalue weighted by Gasteiger charge is 2.07. The SMILES string of the molecule is CC(=O)OCCc1ncc(C)c(Cl)c1C. The number of nitrogens with zero attached hydrogens (tertiary/aromatic N) is 1. The molecule has 0 aromatic carbocycles. The van der Waals surface area contributed by atoms with Gasteiger partial charge in [-0.15, -0.1) is 0 Å². The van der Waals surface area contributed by atoms with Crippen LogP contribution in [0.5, 0.6) is 0 Å². The second-order valence-corrected chi connectivity index (χ2v) is 3.79. The van der Waals surface area contributed by atoms with E-state index in [0.29, 0.717) is 13.0 Å². The van der Waals surface area contributed by atoms with Gasteiger partial charge in [0.05, 0.1) is 6.61 Å². The molecule has 0 spiro atoms. The average Bonchev–Trinajstić information content (AvgIpc) is 2.18. The predicted molar refractivity (Wildman–Crippen MR) is 59.1 cm³/mol. The molecule has 1 aromatic heterocycles. The van der Waals surface area contributed by atoms with Crippen LogP contribution >= 0.6 is 11.6 Å². The van der Waals surface area contributed by atoms with E-state index in [2.05, 4.69) is 4.98 Å². The number of hydrogen-bond donors (Lipinski definition) is 0. The van der Waals surface area contributed by atoms with Crippen molar-refractivity contribution in [2.75, 3.05) is 6.61 Å². The van der Waals surface area contributed by atoms with Crippen molar-refractivity contribution in [1.29, 1.82) is 0 Å². The standard InChI is InChI=1S/C11H14ClNO2/c1-7-6-13-10(8(2)11(7)12)4-5-15-9(3)14/h6H,4-5H2,1-3H3. The summed E-state index contributed by atoms with van der Waals surface area (Å²) in [6.45, 7) is 5.58. The highest BCUT2D eigenvalue weighted by Crippen LogP contribution is 2.21. The van der Waals surface area contributed by atoms with Gasteiger partial charge in [0.2, 0.25) is 0 Å². The van der Waals surface area contributed by atoms with Crippen molar-refractivity contribution in [3.8, 4) is 0 Å². The first kappa shape index (κ1) is 12.0. The number of carbonyl (C=O) groups excluding carboxylic acids is 1. The summed E-state index contributed by atoms with van der Waals surface area (Å²) in [5, 5.41) is 0.739. The summed E-state index contributed by atoms with van der Waals surface area (Å²) < 4.78 is 4.85. The zero-order valence-corrected chi connectivity index (χ0v) is 9.89. The Balaban J connectivity index is 2.70. The zero-order valence-electron chi connectivity index (χ0n) is 9.13. The minimum atomic E-state index is -0.272. The smallest absolute Gasteiger partial charge is 0.302 e. The van der Waals surface area contributed by atoms with Crippen LogP contribution in [-0.4, -0.2) is 17.6 Å². The van der Waals surface area contributed by atoms with Crippen LogP contribution in [0.3, 0.4) is 0 Å². The van der Waals surface area contributed by atoms with E-state index in [9.17, 15) is 4.79 Å². The number of aromatic nitrogens is 1. The van der Waals surface area contributed by atoms with E-state index in [4.69, 9.17) is 16.3 Å². The topological polar surface area (TPSA) is 39.2 Å². The number of carbonyl (C=O) groups is 1. The quantitative estimate of drug-likeness (QED) is 0.745. The third kappa shape index (κ3) is 3.20. The molecule has 0 radical (unpaired) electrons. The van der Waals surface area contributed by atoms with Gasteiger partial charge in [-0.25, -0.2) is 0 Å². The van der Waals surface area contributed by atoms with Gasteiger partial charge in [-0.3, -0.25) is 9.78 Å². The second kappa shape index (κ2) is 5.12. The highest BCUT2D eigenvalue weighted by molar-refractivity contribution is 6.32. The maximum Gasteiger partial charge on any atom is 0.302 e. The number of ether oxygens (including phenoxy) is 1. The van der Waals surface area contributed by atoms with Crippen LogP contribution in [-0.2, 0) is 16.0 Å². The minimum absolute atomic E-state index is 0.272. The number of esters is 1. The fourth-order valence-corrected chi connectivity index (χ4v) is 1.45. The molecule has 0 saturated carbocycles. The van der Waals surface area contributed by atoms with Crippen LogP contribution in [0.1, 0.15) is 23.7 Å². The molecule has 0 atom stereocenters. The van der Waals surface area contributed by atoms with Crippen molar-refractivity contribution < 1.29 is 9.53 Å². The lowest BCUT2D eigenvalue weighted by atomic mass is 10.1. The largest absolute Gasteiger partial charge is 0.465 e. The van der Waals surface area contributed by atoms with Crippen LogP contribution in [0, 0.1) is 13.8 Å². The van der Waals surface area contributed by atoms with Gasteiger partial charge in [0, 0.05) is 30.3 Å². The van der Waals surface area contributed by atoms with Gasteiger partial charge in [0.15, 0.2) is 0 Å². The van der Waals surface area contributed by atoms with Crippen molar-refractivity contribution >= 4 is 17.6 Å². The Kier molecular flexibility index (Phi) is 4.09. The lowest BCUT2D eigenvalue weighted by Gasteiger charge is -2.08. The van der Waals surface area contributed by atoms with Crippen molar-refractivity contribution in [1.82, 2.24) is 4.98 Å². The van der Waals surface area contributed by atoms with Gasteiger partial charge >= 0.3 is 5.97 Å². The molecule has 0 unspecified atom stereocenters. The predicted octanol–water partition coefficient (Wildman–Crippen LogP) is 2.46. The summed E-state index contributed by atoms with van der Waals surface area (Å²) in [6.07, 6.45) is 2.34. The Morgan fingerprint density at radius 2 is 2.20 bits per heavy atom. The van der Waals surface area contributed by atoms with Crippen LogP contribution in [0.2, 0.25) is 5.02 Å². The van der Waals surface area contributed by atoms with E-state index < -0.39 is 0 Å². The van der Waals surface area contributed by atoms with Gasteiger partial charge < -0.3 is 4.74 Å². The van der Waals surface area contributed by atoms with Crippen molar-refractivity contribution in [3.05, 3.63) is 28.0 Å². The van der Waals surface area contributed by atoms with Gasteiger partial charge in [-0.05, 0) is 25.0 Å². The molecular formula is C11H14ClNO2. The zero-order chi connectivity index (χ0) is 11.4. The van der Waals surface area contributed by atoms with Gasteiger partial charge in [-0.2, -0.15) is 0 Å². The van der Waals surface area contributed by atoms with Crippen molar-refractivity contribution in [2.45, 2.75) is 27.2 Å². The molecule has 0 aliphatic carbocycles. The van der Waals surface area contributed by atoms with E-state index in [1.165, 1.54) is 6.92 Å². The fraction of sp³-hybridized carbons (Fsp3) is 0.455. The molecule has 0 N–H and O–H groups in total. The molecule has 3 nitrogen and oxygen atoms in total. The second-order valence-electron chi connectivity index (χ2n) is 3.42. The highest BCUT2D eigenvalue weighted by atomic mass is 35.5. The van der Waals surface area contributed by atoms with E-state index >= 15 is 0 Å². The summed E-state index contributed by atoms with van der Waals surface area (Å²) in [5.74, 6) is -0.272. The molecule has 1 rings (SSSR count). The Hall–Kier alpha value is -1.09. The first-order valence-electron chi connectivity index (χ1n) is 4.76. The first-order valence-corrected chi connectivity index (χ1v) is 5.14.